The van der Waals surface area contributed by atoms with Gasteiger partial charge in [-0.25, -0.2) is 23.5 Å². The number of aromatic nitrogens is 4. The minimum atomic E-state index is -2.87. The van der Waals surface area contributed by atoms with Crippen LogP contribution < -0.4 is 10.6 Å². The van der Waals surface area contributed by atoms with Gasteiger partial charge in [0.2, 0.25) is 5.91 Å². The summed E-state index contributed by atoms with van der Waals surface area (Å²) in [5.74, 6) is -2.17. The highest BCUT2D eigenvalue weighted by Crippen LogP contribution is 2.36. The Balaban J connectivity index is 0.922. The van der Waals surface area contributed by atoms with E-state index < -0.39 is 37.1 Å². The van der Waals surface area contributed by atoms with Crippen LogP contribution in [0.5, 0.6) is 0 Å². The molecule has 2 aromatic heterocycles. The fourth-order valence-corrected chi connectivity index (χ4v) is 7.93. The summed E-state index contributed by atoms with van der Waals surface area (Å²) in [6, 6.07) is 22.6. The first kappa shape index (κ1) is 35.2. The lowest BCUT2D eigenvalue weighted by atomic mass is 10.0. The zero-order valence-electron chi connectivity index (χ0n) is 29.3. The number of H-pyrrole nitrogens is 2. The van der Waals surface area contributed by atoms with Crippen molar-refractivity contribution >= 4 is 17.9 Å². The van der Waals surface area contributed by atoms with Crippen LogP contribution >= 0.6 is 0 Å². The van der Waals surface area contributed by atoms with Gasteiger partial charge in [0, 0.05) is 19.5 Å². The number of nitrogens with zero attached hydrogens (tertiary/aromatic N) is 4. The third kappa shape index (κ3) is 7.08. The van der Waals surface area contributed by atoms with E-state index in [1.54, 1.807) is 46.5 Å². The second kappa shape index (κ2) is 14.5. The van der Waals surface area contributed by atoms with E-state index in [1.165, 1.54) is 0 Å². The molecule has 278 valence electrons. The topological polar surface area (TPSA) is 159 Å². The van der Waals surface area contributed by atoms with Gasteiger partial charge in [-0.1, -0.05) is 78.9 Å². The van der Waals surface area contributed by atoms with E-state index in [9.17, 15) is 28.3 Å². The number of amides is 3. The fraction of sp³-hybridized carbons (Fsp3) is 0.325. The molecule has 3 aliphatic rings. The average molecular weight is 735 g/mol. The molecule has 0 unspecified atom stereocenters. The van der Waals surface area contributed by atoms with Crippen LogP contribution in [0.15, 0.2) is 91.3 Å². The van der Waals surface area contributed by atoms with Crippen molar-refractivity contribution in [3.8, 4) is 33.6 Å². The van der Waals surface area contributed by atoms with E-state index in [0.29, 0.717) is 36.7 Å². The number of carbonyl (C=O) groups excluding carboxylic acids is 2. The summed E-state index contributed by atoms with van der Waals surface area (Å²) >= 11 is 0. The molecule has 0 radical (unpaired) electrons. The van der Waals surface area contributed by atoms with Gasteiger partial charge in [0.15, 0.2) is 0 Å². The molecule has 0 bridgehead atoms. The largest absolute Gasteiger partial charge is 0.465 e. The van der Waals surface area contributed by atoms with E-state index >= 15 is 0 Å². The fourth-order valence-electron chi connectivity index (χ4n) is 7.93. The molecule has 8 rings (SSSR count). The molecule has 5 N–H and O–H groups in total. The third-order valence-corrected chi connectivity index (χ3v) is 10.7. The van der Waals surface area contributed by atoms with Crippen LogP contribution in [0, 0.1) is 0 Å². The number of nitrogens with one attached hydrogen (secondary N) is 4. The number of hydrogen-bond acceptors (Lipinski definition) is 6. The maximum Gasteiger partial charge on any atom is 0.405 e. The van der Waals surface area contributed by atoms with Crippen LogP contribution in [-0.4, -0.2) is 84.3 Å². The first-order valence-corrected chi connectivity index (χ1v) is 18.2. The summed E-state index contributed by atoms with van der Waals surface area (Å²) in [5.41, 5.74) is 6.10. The predicted octanol–water partition coefficient (Wildman–Crippen LogP) is 6.47. The number of carbonyl (C=O) groups is 3. The number of halogens is 2. The smallest absolute Gasteiger partial charge is 0.405 e. The van der Waals surface area contributed by atoms with Gasteiger partial charge < -0.3 is 30.2 Å². The highest BCUT2D eigenvalue weighted by Gasteiger charge is 2.45. The zero-order chi connectivity index (χ0) is 37.4. The molecule has 54 heavy (non-hydrogen) atoms. The Bertz CT molecular complexity index is 2140. The Hall–Kier alpha value is -5.89. The van der Waals surface area contributed by atoms with Crippen molar-refractivity contribution in [3.63, 3.8) is 0 Å². The molecule has 12 nitrogen and oxygen atoms in total. The molecule has 3 saturated heterocycles. The molecule has 5 aromatic rings. The van der Waals surface area contributed by atoms with Crippen LogP contribution in [0.25, 0.3) is 33.6 Å². The average Bonchev–Trinajstić information content (AvgIpc) is 4.03. The number of imidazole rings is 2. The second-order valence-corrected chi connectivity index (χ2v) is 14.2. The number of hydrogen-bond donors (Lipinski definition) is 5. The molecule has 0 saturated carbocycles. The summed E-state index contributed by atoms with van der Waals surface area (Å²) < 4.78 is 27.5. The highest BCUT2D eigenvalue weighted by molar-refractivity contribution is 5.87. The minimum absolute atomic E-state index is 0.279. The number of alkyl halides is 2. The summed E-state index contributed by atoms with van der Waals surface area (Å²) in [6.07, 6.45) is 4.75. The molecule has 3 amide bonds. The Morgan fingerprint density at radius 2 is 1.28 bits per heavy atom. The molecule has 0 aliphatic carbocycles. The van der Waals surface area contributed by atoms with Crippen LogP contribution in [0.2, 0.25) is 0 Å². The second-order valence-electron chi connectivity index (χ2n) is 14.2. The molecule has 5 heterocycles. The Labute approximate surface area is 310 Å². The maximum atomic E-state index is 13.8. The monoisotopic (exact) mass is 734 g/mol. The number of rotatable bonds is 9. The molecule has 4 atom stereocenters. The molecule has 3 aliphatic heterocycles. The summed E-state index contributed by atoms with van der Waals surface area (Å²) in [4.78, 5) is 57.7. The van der Waals surface area contributed by atoms with Crippen LogP contribution in [0.3, 0.4) is 0 Å². The lowest BCUT2D eigenvalue weighted by Gasteiger charge is -2.28. The van der Waals surface area contributed by atoms with Crippen molar-refractivity contribution in [1.29, 1.82) is 0 Å². The van der Waals surface area contributed by atoms with E-state index in [0.717, 1.165) is 52.9 Å². The predicted molar refractivity (Wildman–Crippen MR) is 196 cm³/mol. The number of carboxylic acid groups (broad SMARTS) is 1. The van der Waals surface area contributed by atoms with Gasteiger partial charge in [-0.2, -0.15) is 0 Å². The van der Waals surface area contributed by atoms with Crippen molar-refractivity contribution in [1.82, 2.24) is 40.4 Å². The molecular formula is C40H40F2N8O4. The third-order valence-electron chi connectivity index (χ3n) is 10.7. The van der Waals surface area contributed by atoms with Crippen molar-refractivity contribution in [2.75, 3.05) is 19.6 Å². The maximum absolute atomic E-state index is 13.8. The lowest BCUT2D eigenvalue weighted by molar-refractivity contribution is -0.135. The van der Waals surface area contributed by atoms with E-state index in [2.05, 4.69) is 30.6 Å². The Morgan fingerprint density at radius 1 is 0.759 bits per heavy atom. The normalized spacial score (nSPS) is 21.3. The van der Waals surface area contributed by atoms with Gasteiger partial charge in [-0.05, 0) is 53.5 Å². The summed E-state index contributed by atoms with van der Waals surface area (Å²) in [6.45, 7) is 0.543. The highest BCUT2D eigenvalue weighted by atomic mass is 19.3. The van der Waals surface area contributed by atoms with Gasteiger partial charge in [-0.15, -0.1) is 0 Å². The van der Waals surface area contributed by atoms with Gasteiger partial charge in [0.1, 0.15) is 17.7 Å². The van der Waals surface area contributed by atoms with Crippen LogP contribution in [0.1, 0.15) is 67.4 Å². The molecule has 3 aromatic carbocycles. The van der Waals surface area contributed by atoms with E-state index in [1.807, 2.05) is 54.6 Å². The van der Waals surface area contributed by atoms with Gasteiger partial charge in [0.25, 0.3) is 11.8 Å². The zero-order valence-corrected chi connectivity index (χ0v) is 29.3. The lowest BCUT2D eigenvalue weighted by Crippen LogP contribution is -2.43. The van der Waals surface area contributed by atoms with Crippen LogP contribution in [-0.2, 0) is 9.59 Å². The first-order chi connectivity index (χ1) is 26.1. The SMILES string of the molecule is O=C(O)N[C@@H](C(=O)N1CCC[C@H]1c1ncc(-c2ccc(-c3ccc(-c4cnc([C@@H]5CCCN5C(=O)[C@H]5CC(F)(F)CN5)[nH]4)cc3)cc2)[nH]1)c1ccccc1. The quantitative estimate of drug-likeness (QED) is 0.116. The Kier molecular flexibility index (Phi) is 9.44. The van der Waals surface area contributed by atoms with Crippen molar-refractivity contribution < 1.29 is 28.3 Å². The van der Waals surface area contributed by atoms with Gasteiger partial charge in [0.05, 0.1) is 48.5 Å². The number of aromatic amines is 2. The standard InChI is InChI=1S/C40H40F2N8O4/c41-40(42)20-29(45-23-40)37(51)49-18-4-8-32(49)35-43-21-30(46-35)26-14-10-24(11-15-26)25-12-16-27(17-13-25)31-22-44-36(47-31)33-9-5-19-50(33)38(52)34(48-39(53)54)28-6-2-1-3-7-28/h1-3,6-7,10-17,21-22,29,32-34,45,48H,4-5,8-9,18-20,23H2,(H,43,46)(H,44,47)(H,53,54)/t29-,32+,33+,34-/m1/s1. The number of benzene rings is 3. The van der Waals surface area contributed by atoms with Crippen molar-refractivity contribution in [2.45, 2.75) is 62.2 Å². The summed E-state index contributed by atoms with van der Waals surface area (Å²) in [7, 11) is 0. The molecule has 14 heteroatoms. The van der Waals surface area contributed by atoms with E-state index in [-0.39, 0.29) is 23.9 Å². The van der Waals surface area contributed by atoms with Crippen molar-refractivity contribution in [2.24, 2.45) is 0 Å². The molecule has 3 fully saturated rings. The first-order valence-electron chi connectivity index (χ1n) is 18.2. The Morgan fingerprint density at radius 3 is 1.80 bits per heavy atom. The summed E-state index contributed by atoms with van der Waals surface area (Å²) in [5, 5.41) is 14.5. The van der Waals surface area contributed by atoms with Crippen LogP contribution in [0.4, 0.5) is 13.6 Å². The van der Waals surface area contributed by atoms with E-state index in [4.69, 9.17) is 0 Å². The van der Waals surface area contributed by atoms with Gasteiger partial charge >= 0.3 is 6.09 Å². The molecular weight excluding hydrogens is 694 g/mol. The van der Waals surface area contributed by atoms with Gasteiger partial charge in [-0.3, -0.25) is 14.9 Å². The number of likely N-dealkylation sites (tertiary alicyclic amines) is 2. The van der Waals surface area contributed by atoms with Crippen molar-refractivity contribution in [3.05, 3.63) is 108 Å². The molecule has 0 spiro atoms. The minimum Gasteiger partial charge on any atom is -0.465 e.